The minimum absolute atomic E-state index is 0.322. The van der Waals surface area contributed by atoms with Gasteiger partial charge in [-0.05, 0) is 13.0 Å². The van der Waals surface area contributed by atoms with E-state index in [1.165, 1.54) is 6.07 Å². The molecule has 0 aliphatic heterocycles. The third kappa shape index (κ3) is 2.04. The molecule has 0 atom stereocenters. The van der Waals surface area contributed by atoms with Gasteiger partial charge in [0.2, 0.25) is 0 Å². The van der Waals surface area contributed by atoms with Gasteiger partial charge in [0, 0.05) is 7.05 Å². The van der Waals surface area contributed by atoms with E-state index in [1.807, 2.05) is 0 Å². The predicted molar refractivity (Wildman–Crippen MR) is 52.4 cm³/mol. The molecule has 80 valence electrons. The Morgan fingerprint density at radius 3 is 2.33 bits per heavy atom. The van der Waals surface area contributed by atoms with E-state index in [4.69, 9.17) is 10.2 Å². The van der Waals surface area contributed by atoms with E-state index in [9.17, 15) is 9.59 Å². The highest BCUT2D eigenvalue weighted by molar-refractivity contribution is 6.01. The summed E-state index contributed by atoms with van der Waals surface area (Å²) in [6, 6.07) is 1.26. The van der Waals surface area contributed by atoms with Crippen LogP contribution >= 0.6 is 0 Å². The zero-order valence-corrected chi connectivity index (χ0v) is 8.24. The first-order valence-electron chi connectivity index (χ1n) is 4.13. The molecule has 15 heavy (non-hydrogen) atoms. The summed E-state index contributed by atoms with van der Waals surface area (Å²) < 4.78 is 0. The molecule has 0 aliphatic carbocycles. The molecule has 0 radical (unpaired) electrons. The van der Waals surface area contributed by atoms with Crippen LogP contribution in [0.4, 0.5) is 5.69 Å². The molecular formula is C9H10N2O4. The van der Waals surface area contributed by atoms with E-state index in [0.717, 1.165) is 0 Å². The number of rotatable bonds is 3. The monoisotopic (exact) mass is 210 g/mol. The maximum absolute atomic E-state index is 10.8. The quantitative estimate of drug-likeness (QED) is 0.683. The Bertz CT molecular complexity index is 428. The Hall–Kier alpha value is -2.11. The maximum Gasteiger partial charge on any atom is 0.355 e. The number of pyridine rings is 1. The van der Waals surface area contributed by atoms with Crippen molar-refractivity contribution >= 4 is 17.6 Å². The van der Waals surface area contributed by atoms with Gasteiger partial charge in [0.05, 0.1) is 16.9 Å². The Morgan fingerprint density at radius 2 is 1.93 bits per heavy atom. The molecule has 0 aromatic carbocycles. The van der Waals surface area contributed by atoms with Gasteiger partial charge in [0.1, 0.15) is 0 Å². The van der Waals surface area contributed by atoms with Crippen LogP contribution in [-0.4, -0.2) is 34.2 Å². The first-order chi connectivity index (χ1) is 6.97. The summed E-state index contributed by atoms with van der Waals surface area (Å²) in [7, 11) is 1.61. The van der Waals surface area contributed by atoms with E-state index >= 15 is 0 Å². The normalized spacial score (nSPS) is 9.73. The second-order valence-electron chi connectivity index (χ2n) is 2.88. The van der Waals surface area contributed by atoms with Crippen LogP contribution in [0, 0.1) is 6.92 Å². The summed E-state index contributed by atoms with van der Waals surface area (Å²) >= 11 is 0. The average molecular weight is 210 g/mol. The van der Waals surface area contributed by atoms with Crippen LogP contribution < -0.4 is 5.32 Å². The lowest BCUT2D eigenvalue weighted by Gasteiger charge is -2.07. The lowest BCUT2D eigenvalue weighted by molar-refractivity contribution is 0.0646. The van der Waals surface area contributed by atoms with Crippen molar-refractivity contribution in [2.75, 3.05) is 12.4 Å². The number of aromatic nitrogens is 1. The molecule has 0 saturated heterocycles. The molecule has 1 aromatic heterocycles. The van der Waals surface area contributed by atoms with Crippen molar-refractivity contribution in [3.8, 4) is 0 Å². The Balaban J connectivity index is 3.45. The molecular weight excluding hydrogens is 200 g/mol. The van der Waals surface area contributed by atoms with Crippen LogP contribution in [0.1, 0.15) is 26.5 Å². The molecule has 3 N–H and O–H groups in total. The number of hydrogen-bond acceptors (Lipinski definition) is 4. The summed E-state index contributed by atoms with van der Waals surface area (Å²) in [5.74, 6) is -2.66. The zero-order chi connectivity index (χ0) is 11.6. The SMILES string of the molecule is CNc1cc(C(=O)O)c(C(=O)O)nc1C. The molecule has 0 bridgehead atoms. The first kappa shape index (κ1) is 11.0. The number of nitrogens with one attached hydrogen (secondary N) is 1. The fourth-order valence-electron chi connectivity index (χ4n) is 1.18. The molecule has 0 aliphatic rings. The minimum Gasteiger partial charge on any atom is -0.478 e. The van der Waals surface area contributed by atoms with Crippen molar-refractivity contribution in [2.45, 2.75) is 6.92 Å². The number of carboxylic acids is 2. The molecule has 6 heteroatoms. The summed E-state index contributed by atoms with van der Waals surface area (Å²) in [5, 5.41) is 20.3. The molecule has 0 fully saturated rings. The summed E-state index contributed by atoms with van der Waals surface area (Å²) in [4.78, 5) is 25.2. The lowest BCUT2D eigenvalue weighted by Crippen LogP contribution is -2.12. The highest BCUT2D eigenvalue weighted by atomic mass is 16.4. The van der Waals surface area contributed by atoms with Crippen LogP contribution in [0.25, 0.3) is 0 Å². The standard InChI is InChI=1S/C9H10N2O4/c1-4-6(10-2)3-5(8(12)13)7(11-4)9(14)15/h3,10H,1-2H3,(H,12,13)(H,14,15). The van der Waals surface area contributed by atoms with Gasteiger partial charge in [-0.2, -0.15) is 0 Å². The van der Waals surface area contributed by atoms with Gasteiger partial charge in [0.25, 0.3) is 0 Å². The summed E-state index contributed by atoms with van der Waals surface area (Å²) in [6.45, 7) is 1.60. The van der Waals surface area contributed by atoms with Gasteiger partial charge in [0.15, 0.2) is 5.69 Å². The minimum atomic E-state index is -1.35. The van der Waals surface area contributed by atoms with Crippen molar-refractivity contribution in [1.82, 2.24) is 4.98 Å². The molecule has 6 nitrogen and oxygen atoms in total. The second kappa shape index (κ2) is 3.95. The largest absolute Gasteiger partial charge is 0.478 e. The van der Waals surface area contributed by atoms with E-state index in [2.05, 4.69) is 10.3 Å². The molecule has 0 unspecified atom stereocenters. The van der Waals surface area contributed by atoms with Gasteiger partial charge in [-0.15, -0.1) is 0 Å². The number of aryl methyl sites for hydroxylation is 1. The lowest BCUT2D eigenvalue weighted by atomic mass is 10.1. The fourth-order valence-corrected chi connectivity index (χ4v) is 1.18. The highest BCUT2D eigenvalue weighted by Crippen LogP contribution is 2.17. The number of aromatic carboxylic acids is 2. The third-order valence-electron chi connectivity index (χ3n) is 1.92. The van der Waals surface area contributed by atoms with Crippen LogP contribution in [0.15, 0.2) is 6.07 Å². The molecule has 0 spiro atoms. The zero-order valence-electron chi connectivity index (χ0n) is 8.24. The molecule has 1 aromatic rings. The van der Waals surface area contributed by atoms with Crippen molar-refractivity contribution < 1.29 is 19.8 Å². The van der Waals surface area contributed by atoms with Gasteiger partial charge in [-0.1, -0.05) is 0 Å². The Morgan fingerprint density at radius 1 is 1.33 bits per heavy atom. The van der Waals surface area contributed by atoms with E-state index in [1.54, 1.807) is 14.0 Å². The maximum atomic E-state index is 10.8. The molecule has 1 heterocycles. The predicted octanol–water partition coefficient (Wildman–Crippen LogP) is 0.828. The van der Waals surface area contributed by atoms with Crippen molar-refractivity contribution in [1.29, 1.82) is 0 Å². The topological polar surface area (TPSA) is 99.5 Å². The van der Waals surface area contributed by atoms with Crippen LogP contribution in [0.2, 0.25) is 0 Å². The van der Waals surface area contributed by atoms with Gasteiger partial charge >= 0.3 is 11.9 Å². The number of carboxylic acid groups (broad SMARTS) is 2. The van der Waals surface area contributed by atoms with Crippen molar-refractivity contribution in [3.05, 3.63) is 23.0 Å². The molecule has 0 amide bonds. The number of hydrogen-bond donors (Lipinski definition) is 3. The Kier molecular flexibility index (Phi) is 2.89. The van der Waals surface area contributed by atoms with E-state index < -0.39 is 17.6 Å². The average Bonchev–Trinajstić information content (AvgIpc) is 2.16. The second-order valence-corrected chi connectivity index (χ2v) is 2.88. The number of nitrogens with zero attached hydrogens (tertiary/aromatic N) is 1. The van der Waals surface area contributed by atoms with Crippen molar-refractivity contribution in [2.24, 2.45) is 0 Å². The van der Waals surface area contributed by atoms with E-state index in [-0.39, 0.29) is 5.56 Å². The highest BCUT2D eigenvalue weighted by Gasteiger charge is 2.19. The smallest absolute Gasteiger partial charge is 0.355 e. The summed E-state index contributed by atoms with van der Waals surface area (Å²) in [5.41, 5.74) is 0.175. The van der Waals surface area contributed by atoms with Crippen LogP contribution in [-0.2, 0) is 0 Å². The molecule has 1 rings (SSSR count). The molecule has 0 saturated carbocycles. The van der Waals surface area contributed by atoms with Gasteiger partial charge in [-0.3, -0.25) is 0 Å². The Labute approximate surface area is 85.6 Å². The van der Waals surface area contributed by atoms with E-state index in [0.29, 0.717) is 11.4 Å². The van der Waals surface area contributed by atoms with Gasteiger partial charge < -0.3 is 15.5 Å². The first-order valence-corrected chi connectivity index (χ1v) is 4.13. The summed E-state index contributed by atoms with van der Waals surface area (Å²) in [6.07, 6.45) is 0. The van der Waals surface area contributed by atoms with Crippen LogP contribution in [0.5, 0.6) is 0 Å². The number of anilines is 1. The van der Waals surface area contributed by atoms with Crippen molar-refractivity contribution in [3.63, 3.8) is 0 Å². The van der Waals surface area contributed by atoms with Crippen LogP contribution in [0.3, 0.4) is 0 Å². The third-order valence-corrected chi connectivity index (χ3v) is 1.92. The van der Waals surface area contributed by atoms with Gasteiger partial charge in [-0.25, -0.2) is 14.6 Å². The fraction of sp³-hybridized carbons (Fsp3) is 0.222. The number of carbonyl (C=O) groups is 2.